The van der Waals surface area contributed by atoms with Crippen LogP contribution in [0.4, 0.5) is 0 Å². The van der Waals surface area contributed by atoms with Crippen LogP contribution < -0.4 is 10.5 Å². The van der Waals surface area contributed by atoms with E-state index in [0.717, 1.165) is 18.5 Å². The summed E-state index contributed by atoms with van der Waals surface area (Å²) in [6, 6.07) is 6.74. The van der Waals surface area contributed by atoms with Crippen LogP contribution in [-0.4, -0.2) is 15.0 Å². The molecule has 0 aromatic heterocycles. The predicted molar refractivity (Wildman–Crippen MR) is 69.0 cm³/mol. The first-order valence-electron chi connectivity index (χ1n) is 5.42. The maximum atomic E-state index is 11.2. The molecule has 4 nitrogen and oxygen atoms in total. The molecule has 0 radical (unpaired) electrons. The average Bonchev–Trinajstić information content (AvgIpc) is 2.28. The molecule has 3 N–H and O–H groups in total. The molecule has 0 aliphatic carbocycles. The summed E-state index contributed by atoms with van der Waals surface area (Å²) in [5, 5.41) is 8.36. The lowest BCUT2D eigenvalue weighted by Gasteiger charge is -2.14. The fourth-order valence-corrected chi connectivity index (χ4v) is 2.05. The molecule has 1 aromatic carbocycles. The van der Waals surface area contributed by atoms with Gasteiger partial charge in [-0.05, 0) is 37.6 Å². The Bertz CT molecular complexity index is 483. The van der Waals surface area contributed by atoms with Gasteiger partial charge in [0, 0.05) is 6.04 Å². The van der Waals surface area contributed by atoms with Crippen molar-refractivity contribution in [2.45, 2.75) is 24.3 Å². The standard InChI is InChI=1S/C12H18N2O2S/c1-3-4-8-14-10(2)11-6-5-7-12(9-11)17(13,15)16/h3,5-7,9-10,14H,1,4,8H2,2H3,(H2,13,15,16). The quantitative estimate of drug-likeness (QED) is 0.598. The molecule has 0 aliphatic rings. The molecule has 1 atom stereocenters. The fraction of sp³-hybridized carbons (Fsp3) is 0.333. The Kier molecular flexibility index (Phi) is 4.86. The molecule has 0 aliphatic heterocycles. The summed E-state index contributed by atoms with van der Waals surface area (Å²) in [5.41, 5.74) is 0.903. The molecule has 0 saturated carbocycles. The lowest BCUT2D eigenvalue weighted by molar-refractivity contribution is 0.578. The number of benzene rings is 1. The third-order valence-corrected chi connectivity index (χ3v) is 3.40. The van der Waals surface area contributed by atoms with Crippen LogP contribution in [0.1, 0.15) is 24.9 Å². The molecular formula is C12H18N2O2S. The Hall–Kier alpha value is -1.17. The zero-order chi connectivity index (χ0) is 12.9. The van der Waals surface area contributed by atoms with Gasteiger partial charge in [0.1, 0.15) is 0 Å². The average molecular weight is 254 g/mol. The summed E-state index contributed by atoms with van der Waals surface area (Å²) < 4.78 is 22.4. The maximum absolute atomic E-state index is 11.2. The van der Waals surface area contributed by atoms with E-state index in [1.165, 1.54) is 6.07 Å². The Morgan fingerprint density at radius 3 is 2.82 bits per heavy atom. The zero-order valence-corrected chi connectivity index (χ0v) is 10.7. The Morgan fingerprint density at radius 1 is 1.53 bits per heavy atom. The van der Waals surface area contributed by atoms with Gasteiger partial charge in [0.15, 0.2) is 0 Å². The molecule has 1 aromatic rings. The van der Waals surface area contributed by atoms with Crippen molar-refractivity contribution in [3.63, 3.8) is 0 Å². The molecule has 0 amide bonds. The smallest absolute Gasteiger partial charge is 0.238 e. The van der Waals surface area contributed by atoms with E-state index < -0.39 is 10.0 Å². The van der Waals surface area contributed by atoms with Gasteiger partial charge in [0.05, 0.1) is 4.90 Å². The van der Waals surface area contributed by atoms with Crippen molar-refractivity contribution in [1.82, 2.24) is 5.32 Å². The third-order valence-electron chi connectivity index (χ3n) is 2.49. The minimum Gasteiger partial charge on any atom is -0.310 e. The number of hydrogen-bond donors (Lipinski definition) is 2. The molecule has 17 heavy (non-hydrogen) atoms. The Morgan fingerprint density at radius 2 is 2.24 bits per heavy atom. The summed E-state index contributed by atoms with van der Waals surface area (Å²) in [6.45, 7) is 6.43. The number of hydrogen-bond acceptors (Lipinski definition) is 3. The van der Waals surface area contributed by atoms with Crippen molar-refractivity contribution in [3.8, 4) is 0 Å². The van der Waals surface area contributed by atoms with Crippen molar-refractivity contribution in [2.75, 3.05) is 6.54 Å². The van der Waals surface area contributed by atoms with Crippen LogP contribution in [0.25, 0.3) is 0 Å². The van der Waals surface area contributed by atoms with Crippen LogP contribution in [0.2, 0.25) is 0 Å². The second kappa shape index (κ2) is 5.95. The SMILES string of the molecule is C=CCCNC(C)c1cccc(S(N)(=O)=O)c1. The van der Waals surface area contributed by atoms with E-state index in [0.29, 0.717) is 0 Å². The number of sulfonamides is 1. The molecule has 0 heterocycles. The summed E-state index contributed by atoms with van der Waals surface area (Å²) in [6.07, 6.45) is 2.71. The Balaban J connectivity index is 2.81. The first-order chi connectivity index (χ1) is 7.95. The van der Waals surface area contributed by atoms with E-state index >= 15 is 0 Å². The van der Waals surface area contributed by atoms with Crippen molar-refractivity contribution in [2.24, 2.45) is 5.14 Å². The molecule has 94 valence electrons. The monoisotopic (exact) mass is 254 g/mol. The largest absolute Gasteiger partial charge is 0.310 e. The second-order valence-corrected chi connectivity index (χ2v) is 5.43. The normalized spacial score (nSPS) is 13.3. The molecule has 1 unspecified atom stereocenters. The summed E-state index contributed by atoms with van der Waals surface area (Å²) >= 11 is 0. The second-order valence-electron chi connectivity index (χ2n) is 3.87. The molecule has 5 heteroatoms. The lowest BCUT2D eigenvalue weighted by atomic mass is 10.1. The molecule has 0 fully saturated rings. The van der Waals surface area contributed by atoms with Gasteiger partial charge in [-0.3, -0.25) is 0 Å². The summed E-state index contributed by atoms with van der Waals surface area (Å²) in [7, 11) is -3.63. The topological polar surface area (TPSA) is 72.2 Å². The van der Waals surface area contributed by atoms with Crippen molar-refractivity contribution in [3.05, 3.63) is 42.5 Å². The minimum absolute atomic E-state index is 0.0802. The van der Waals surface area contributed by atoms with Crippen LogP contribution in [0, 0.1) is 0 Å². The van der Waals surface area contributed by atoms with Gasteiger partial charge in [-0.2, -0.15) is 0 Å². The molecular weight excluding hydrogens is 236 g/mol. The van der Waals surface area contributed by atoms with E-state index in [9.17, 15) is 8.42 Å². The van der Waals surface area contributed by atoms with Gasteiger partial charge in [-0.25, -0.2) is 13.6 Å². The minimum atomic E-state index is -3.63. The molecule has 1 rings (SSSR count). The van der Waals surface area contributed by atoms with Crippen molar-refractivity contribution < 1.29 is 8.42 Å². The van der Waals surface area contributed by atoms with E-state index in [2.05, 4.69) is 11.9 Å². The highest BCUT2D eigenvalue weighted by Crippen LogP contribution is 2.16. The van der Waals surface area contributed by atoms with E-state index in [1.807, 2.05) is 19.1 Å². The molecule has 0 saturated heterocycles. The lowest BCUT2D eigenvalue weighted by Crippen LogP contribution is -2.20. The highest BCUT2D eigenvalue weighted by atomic mass is 32.2. The number of nitrogens with two attached hydrogens (primary N) is 1. The maximum Gasteiger partial charge on any atom is 0.238 e. The Labute approximate surface area is 103 Å². The highest BCUT2D eigenvalue weighted by molar-refractivity contribution is 7.89. The first-order valence-corrected chi connectivity index (χ1v) is 6.97. The summed E-state index contributed by atoms with van der Waals surface area (Å²) in [5.74, 6) is 0. The van der Waals surface area contributed by atoms with E-state index in [4.69, 9.17) is 5.14 Å². The van der Waals surface area contributed by atoms with Crippen LogP contribution in [0.5, 0.6) is 0 Å². The van der Waals surface area contributed by atoms with Gasteiger partial charge in [0.2, 0.25) is 10.0 Å². The van der Waals surface area contributed by atoms with Gasteiger partial charge >= 0.3 is 0 Å². The van der Waals surface area contributed by atoms with E-state index in [-0.39, 0.29) is 10.9 Å². The first kappa shape index (κ1) is 13.9. The van der Waals surface area contributed by atoms with Crippen LogP contribution in [0.15, 0.2) is 41.8 Å². The number of primary sulfonamides is 1. The summed E-state index contributed by atoms with van der Waals surface area (Å²) in [4.78, 5) is 0.146. The van der Waals surface area contributed by atoms with Gasteiger partial charge < -0.3 is 5.32 Å². The number of rotatable bonds is 6. The zero-order valence-electron chi connectivity index (χ0n) is 9.89. The molecule has 0 bridgehead atoms. The van der Waals surface area contributed by atoms with Gasteiger partial charge in [-0.1, -0.05) is 18.2 Å². The van der Waals surface area contributed by atoms with Crippen LogP contribution in [0.3, 0.4) is 0 Å². The van der Waals surface area contributed by atoms with Crippen molar-refractivity contribution >= 4 is 10.0 Å². The van der Waals surface area contributed by atoms with Crippen LogP contribution >= 0.6 is 0 Å². The van der Waals surface area contributed by atoms with Gasteiger partial charge in [0.25, 0.3) is 0 Å². The highest BCUT2D eigenvalue weighted by Gasteiger charge is 2.10. The molecule has 0 spiro atoms. The fourth-order valence-electron chi connectivity index (χ4n) is 1.48. The van der Waals surface area contributed by atoms with Crippen LogP contribution in [-0.2, 0) is 10.0 Å². The predicted octanol–water partition coefficient (Wildman–Crippen LogP) is 1.56. The number of nitrogens with one attached hydrogen (secondary N) is 1. The van der Waals surface area contributed by atoms with Crippen molar-refractivity contribution in [1.29, 1.82) is 0 Å². The third kappa shape index (κ3) is 4.30. The van der Waals surface area contributed by atoms with Gasteiger partial charge in [-0.15, -0.1) is 6.58 Å². The van der Waals surface area contributed by atoms with E-state index in [1.54, 1.807) is 12.1 Å².